The molecule has 0 nitrogen and oxygen atoms in total. The fraction of sp³-hybridized carbons (Fsp3) is 0. The standard InChI is InChI=1S/C28H17BrS.2ClH.Zr/c29-26-13-5-11-23-21(9-4-12-24(23)26)20-16-19-8-3-15-28(25(19)17-20)30-27-14-2-7-18-6-1-10-22(18)27;;;/h1-17H;2*1H;/q-2;;;+4/p-2. The van der Waals surface area contributed by atoms with Gasteiger partial charge < -0.3 is 24.8 Å². The summed E-state index contributed by atoms with van der Waals surface area (Å²) in [5.74, 6) is 0. The van der Waals surface area contributed by atoms with Crippen LogP contribution >= 0.6 is 27.7 Å². The number of hydrogen-bond acceptors (Lipinski definition) is 1. The van der Waals surface area contributed by atoms with E-state index in [4.69, 9.17) is 0 Å². The molecule has 33 heavy (non-hydrogen) atoms. The van der Waals surface area contributed by atoms with E-state index in [0.29, 0.717) is 0 Å². The third-order valence-corrected chi connectivity index (χ3v) is 7.59. The molecule has 6 aromatic carbocycles. The zero-order valence-corrected chi connectivity index (χ0v) is 23.7. The van der Waals surface area contributed by atoms with Crippen LogP contribution in [0.1, 0.15) is 0 Å². The maximum Gasteiger partial charge on any atom is 4.00 e. The first-order valence-electron chi connectivity index (χ1n) is 9.97. The maximum atomic E-state index is 3.70. The average molecular weight is 628 g/mol. The summed E-state index contributed by atoms with van der Waals surface area (Å²) in [5.41, 5.74) is 2.55. The van der Waals surface area contributed by atoms with Crippen LogP contribution in [-0.4, -0.2) is 0 Å². The number of rotatable bonds is 3. The Morgan fingerprint density at radius 1 is 0.636 bits per heavy atom. The van der Waals surface area contributed by atoms with Crippen molar-refractivity contribution in [2.75, 3.05) is 0 Å². The van der Waals surface area contributed by atoms with Gasteiger partial charge in [-0.05, 0) is 26.6 Å². The molecule has 0 amide bonds. The van der Waals surface area contributed by atoms with E-state index in [1.807, 2.05) is 11.8 Å². The van der Waals surface area contributed by atoms with Gasteiger partial charge in [0.05, 0.1) is 0 Å². The van der Waals surface area contributed by atoms with E-state index in [0.717, 1.165) is 4.47 Å². The number of hydrogen-bond donors (Lipinski definition) is 0. The molecule has 0 aromatic heterocycles. The topological polar surface area (TPSA) is 0 Å². The van der Waals surface area contributed by atoms with Gasteiger partial charge >= 0.3 is 26.2 Å². The Kier molecular flexibility index (Phi) is 8.70. The average Bonchev–Trinajstić information content (AvgIpc) is 3.42. The summed E-state index contributed by atoms with van der Waals surface area (Å²) < 4.78 is 1.14. The van der Waals surface area contributed by atoms with Gasteiger partial charge in [0.1, 0.15) is 0 Å². The van der Waals surface area contributed by atoms with Gasteiger partial charge in [-0.15, -0.1) is 75.3 Å². The van der Waals surface area contributed by atoms with Crippen molar-refractivity contribution in [2.24, 2.45) is 0 Å². The maximum absolute atomic E-state index is 3.70. The molecule has 0 saturated carbocycles. The first kappa shape index (κ1) is 26.3. The molecule has 0 unspecified atom stereocenters. The second kappa shape index (κ2) is 10.9. The molecule has 0 aliphatic heterocycles. The van der Waals surface area contributed by atoms with Crippen LogP contribution in [0.2, 0.25) is 0 Å². The van der Waals surface area contributed by atoms with Gasteiger partial charge in [0.15, 0.2) is 0 Å². The zero-order valence-electron chi connectivity index (χ0n) is 17.4. The fourth-order valence-corrected chi connectivity index (χ4v) is 5.93. The van der Waals surface area contributed by atoms with E-state index in [1.54, 1.807) is 0 Å². The SMILES string of the molecule is Brc1cccc2c(-c3cc4c(Sc5cccc6[cH-]ccc56)cccc4[cH-]3)cccc12.[Cl-].[Cl-].[Zr+4]. The monoisotopic (exact) mass is 624 g/mol. The van der Waals surface area contributed by atoms with Gasteiger partial charge in [-0.25, -0.2) is 0 Å². The Morgan fingerprint density at radius 2 is 1.30 bits per heavy atom. The van der Waals surface area contributed by atoms with Crippen molar-refractivity contribution in [1.29, 1.82) is 0 Å². The molecular formula is C28H17BrCl2SZr. The molecule has 160 valence electrons. The first-order chi connectivity index (χ1) is 14.8. The van der Waals surface area contributed by atoms with Crippen LogP contribution in [0.15, 0.2) is 117 Å². The smallest absolute Gasteiger partial charge is 1.00 e. The Morgan fingerprint density at radius 3 is 2.12 bits per heavy atom. The van der Waals surface area contributed by atoms with Gasteiger partial charge in [-0.1, -0.05) is 70.0 Å². The summed E-state index contributed by atoms with van der Waals surface area (Å²) >= 11 is 5.56. The van der Waals surface area contributed by atoms with Gasteiger partial charge in [0.2, 0.25) is 0 Å². The largest absolute Gasteiger partial charge is 4.00 e. The summed E-state index contributed by atoms with van der Waals surface area (Å²) in [5, 5.41) is 7.75. The van der Waals surface area contributed by atoms with Crippen LogP contribution < -0.4 is 24.8 Å². The number of halogens is 3. The van der Waals surface area contributed by atoms with E-state index in [-0.39, 0.29) is 51.0 Å². The predicted octanol–water partition coefficient (Wildman–Crippen LogP) is 3.17. The number of fused-ring (bicyclic) bond motifs is 3. The summed E-state index contributed by atoms with van der Waals surface area (Å²) in [6, 6.07) is 37.3. The van der Waals surface area contributed by atoms with Crippen molar-refractivity contribution in [3.63, 3.8) is 0 Å². The van der Waals surface area contributed by atoms with Gasteiger partial charge in [-0.2, -0.15) is 12.1 Å². The molecule has 0 aliphatic carbocycles. The second-order valence-electron chi connectivity index (χ2n) is 7.53. The van der Waals surface area contributed by atoms with Crippen LogP contribution in [0.5, 0.6) is 0 Å². The zero-order chi connectivity index (χ0) is 20.1. The Labute approximate surface area is 237 Å². The van der Waals surface area contributed by atoms with Crippen molar-refractivity contribution in [2.45, 2.75) is 9.79 Å². The van der Waals surface area contributed by atoms with Crippen molar-refractivity contribution in [3.05, 3.63) is 108 Å². The molecule has 0 aliphatic rings. The second-order valence-corrected chi connectivity index (χ2v) is 9.47. The molecular weight excluding hydrogens is 610 g/mol. The summed E-state index contributed by atoms with van der Waals surface area (Å²) in [7, 11) is 0. The molecule has 0 saturated heterocycles. The van der Waals surface area contributed by atoms with Crippen molar-refractivity contribution < 1.29 is 51.0 Å². The molecule has 5 heteroatoms. The van der Waals surface area contributed by atoms with Gasteiger partial charge in [0.25, 0.3) is 0 Å². The third-order valence-electron chi connectivity index (χ3n) is 5.75. The van der Waals surface area contributed by atoms with E-state index < -0.39 is 0 Å². The van der Waals surface area contributed by atoms with Crippen molar-refractivity contribution in [3.8, 4) is 11.1 Å². The van der Waals surface area contributed by atoms with Crippen LogP contribution in [0, 0.1) is 0 Å². The fourth-order valence-electron chi connectivity index (χ4n) is 4.31. The Bertz CT molecular complexity index is 1550. The van der Waals surface area contributed by atoms with Crippen LogP contribution in [0.3, 0.4) is 0 Å². The van der Waals surface area contributed by atoms with E-state index in [1.165, 1.54) is 53.2 Å². The minimum absolute atomic E-state index is 0. The van der Waals surface area contributed by atoms with E-state index in [2.05, 4.69) is 119 Å². The minimum Gasteiger partial charge on any atom is -1.00 e. The Balaban J connectivity index is 0.00000102. The molecule has 6 rings (SSSR count). The quantitative estimate of drug-likeness (QED) is 0.272. The molecule has 0 heterocycles. The van der Waals surface area contributed by atoms with Gasteiger partial charge in [-0.3, -0.25) is 0 Å². The van der Waals surface area contributed by atoms with E-state index >= 15 is 0 Å². The molecule has 0 fully saturated rings. The summed E-state index contributed by atoms with van der Waals surface area (Å²) in [4.78, 5) is 2.61. The van der Waals surface area contributed by atoms with Crippen molar-refractivity contribution >= 4 is 60.0 Å². The van der Waals surface area contributed by atoms with Crippen LogP contribution in [0.4, 0.5) is 0 Å². The normalized spacial score (nSPS) is 10.6. The van der Waals surface area contributed by atoms with Crippen LogP contribution in [0.25, 0.3) is 43.4 Å². The summed E-state index contributed by atoms with van der Waals surface area (Å²) in [6.07, 6.45) is 0. The molecule has 0 radical (unpaired) electrons. The van der Waals surface area contributed by atoms with Crippen LogP contribution in [-0.2, 0) is 26.2 Å². The minimum atomic E-state index is 0. The number of benzene rings is 4. The summed E-state index contributed by atoms with van der Waals surface area (Å²) in [6.45, 7) is 0. The third kappa shape index (κ3) is 4.77. The molecule has 0 N–H and O–H groups in total. The molecule has 6 aromatic rings. The molecule has 0 atom stereocenters. The van der Waals surface area contributed by atoms with Gasteiger partial charge in [0, 0.05) is 4.47 Å². The Hall–Kier alpha value is -1.35. The van der Waals surface area contributed by atoms with Crippen molar-refractivity contribution in [1.82, 2.24) is 0 Å². The first-order valence-corrected chi connectivity index (χ1v) is 11.6. The predicted molar refractivity (Wildman–Crippen MR) is 134 cm³/mol. The molecule has 0 spiro atoms. The van der Waals surface area contributed by atoms with E-state index in [9.17, 15) is 0 Å². The molecule has 0 bridgehead atoms.